The molecule has 2 aromatic rings. The Kier molecular flexibility index (Phi) is 5.02. The molecule has 1 aliphatic heterocycles. The number of rotatable bonds is 5. The van der Waals surface area contributed by atoms with Gasteiger partial charge < -0.3 is 9.47 Å². The highest BCUT2D eigenvalue weighted by Gasteiger charge is 2.30. The predicted octanol–water partition coefficient (Wildman–Crippen LogP) is 2.61. The predicted molar refractivity (Wildman–Crippen MR) is 95.6 cm³/mol. The molecule has 1 amide bonds. The lowest BCUT2D eigenvalue weighted by Crippen LogP contribution is -2.35. The highest BCUT2D eigenvalue weighted by atomic mass is 16.2. The van der Waals surface area contributed by atoms with E-state index in [1.807, 2.05) is 40.9 Å². The molecule has 2 heterocycles. The minimum absolute atomic E-state index is 0.0763. The van der Waals surface area contributed by atoms with E-state index in [1.165, 1.54) is 5.56 Å². The first-order chi connectivity index (χ1) is 11.6. The van der Waals surface area contributed by atoms with Gasteiger partial charge in [0.1, 0.15) is 5.69 Å². The van der Waals surface area contributed by atoms with E-state index >= 15 is 0 Å². The van der Waals surface area contributed by atoms with Crippen LogP contribution in [0.25, 0.3) is 0 Å². The van der Waals surface area contributed by atoms with E-state index in [4.69, 9.17) is 0 Å². The number of nitrogens with one attached hydrogen (secondary N) is 2. The highest BCUT2D eigenvalue weighted by Crippen LogP contribution is 2.25. The minimum atomic E-state index is 0.0763. The van der Waals surface area contributed by atoms with E-state index in [-0.39, 0.29) is 18.0 Å². The molecule has 5 heteroatoms. The molecule has 0 saturated carbocycles. The van der Waals surface area contributed by atoms with Gasteiger partial charge in [-0.3, -0.25) is 10.2 Å². The molecule has 0 spiro atoms. The maximum atomic E-state index is 12.8. The first-order valence-corrected chi connectivity index (χ1v) is 8.53. The van der Waals surface area contributed by atoms with Gasteiger partial charge in [0.25, 0.3) is 5.91 Å². The van der Waals surface area contributed by atoms with Crippen molar-refractivity contribution in [2.75, 3.05) is 20.1 Å². The van der Waals surface area contributed by atoms with E-state index in [0.717, 1.165) is 12.2 Å². The van der Waals surface area contributed by atoms with Gasteiger partial charge in [0.05, 0.1) is 6.04 Å². The van der Waals surface area contributed by atoms with E-state index in [1.54, 1.807) is 0 Å². The van der Waals surface area contributed by atoms with Crippen LogP contribution < -0.4 is 10.9 Å². The normalized spacial score (nSPS) is 20.5. The number of hydrazine groups is 1. The summed E-state index contributed by atoms with van der Waals surface area (Å²) in [6.07, 6.45) is 1.97. The number of benzene rings is 1. The van der Waals surface area contributed by atoms with Gasteiger partial charge in [0.2, 0.25) is 0 Å². The fraction of sp³-hybridized carbons (Fsp3) is 0.421. The van der Waals surface area contributed by atoms with Gasteiger partial charge in [-0.1, -0.05) is 30.3 Å². The van der Waals surface area contributed by atoms with E-state index in [2.05, 4.69) is 49.0 Å². The van der Waals surface area contributed by atoms with E-state index < -0.39 is 0 Å². The lowest BCUT2D eigenvalue weighted by molar-refractivity contribution is 0.0759. The smallest absolute Gasteiger partial charge is 0.270 e. The Balaban J connectivity index is 1.71. The van der Waals surface area contributed by atoms with Crippen molar-refractivity contribution >= 4 is 5.91 Å². The summed E-state index contributed by atoms with van der Waals surface area (Å²) in [6.45, 7) is 5.74. The molecule has 1 aliphatic rings. The van der Waals surface area contributed by atoms with Gasteiger partial charge in [-0.25, -0.2) is 5.43 Å². The van der Waals surface area contributed by atoms with Gasteiger partial charge in [-0.15, -0.1) is 0 Å². The fourth-order valence-corrected chi connectivity index (χ4v) is 3.38. The van der Waals surface area contributed by atoms with E-state index in [9.17, 15) is 4.79 Å². The Morgan fingerprint density at radius 3 is 2.71 bits per heavy atom. The molecule has 0 radical (unpaired) electrons. The van der Waals surface area contributed by atoms with Crippen LogP contribution in [0.1, 0.15) is 42.0 Å². The first kappa shape index (κ1) is 16.7. The maximum absolute atomic E-state index is 12.8. The molecule has 1 aromatic heterocycles. The summed E-state index contributed by atoms with van der Waals surface area (Å²) in [5.74, 6) is 0.413. The summed E-state index contributed by atoms with van der Waals surface area (Å²) in [4.78, 5) is 14.7. The van der Waals surface area contributed by atoms with Gasteiger partial charge in [0, 0.05) is 38.3 Å². The third-order valence-corrected chi connectivity index (χ3v) is 4.66. The summed E-state index contributed by atoms with van der Waals surface area (Å²) >= 11 is 0. The van der Waals surface area contributed by atoms with Crippen molar-refractivity contribution < 1.29 is 4.79 Å². The average Bonchev–Trinajstić information content (AvgIpc) is 3.24. The van der Waals surface area contributed by atoms with Crippen LogP contribution in [0.5, 0.6) is 0 Å². The largest absolute Gasteiger partial charge is 0.341 e. The highest BCUT2D eigenvalue weighted by molar-refractivity contribution is 5.92. The number of hydrogen-bond acceptors (Lipinski definition) is 3. The number of amides is 1. The molecule has 1 fully saturated rings. The Labute approximate surface area is 143 Å². The van der Waals surface area contributed by atoms with Crippen molar-refractivity contribution in [1.29, 1.82) is 0 Å². The molecule has 3 rings (SSSR count). The Morgan fingerprint density at radius 1 is 1.25 bits per heavy atom. The maximum Gasteiger partial charge on any atom is 0.270 e. The zero-order chi connectivity index (χ0) is 17.1. The molecular formula is C19H26N4O. The molecule has 128 valence electrons. The van der Waals surface area contributed by atoms with Gasteiger partial charge in [0.15, 0.2) is 0 Å². The monoisotopic (exact) mass is 326 g/mol. The molecule has 0 bridgehead atoms. The van der Waals surface area contributed by atoms with Crippen LogP contribution in [-0.2, 0) is 0 Å². The average molecular weight is 326 g/mol. The van der Waals surface area contributed by atoms with Crippen molar-refractivity contribution in [3.63, 3.8) is 0 Å². The summed E-state index contributed by atoms with van der Waals surface area (Å²) < 4.78 is 2.03. The van der Waals surface area contributed by atoms with Crippen molar-refractivity contribution in [3.8, 4) is 0 Å². The number of aromatic nitrogens is 1. The molecule has 1 aromatic carbocycles. The fourth-order valence-electron chi connectivity index (χ4n) is 3.38. The van der Waals surface area contributed by atoms with Crippen molar-refractivity contribution in [3.05, 3.63) is 59.9 Å². The molecule has 2 atom stereocenters. The van der Waals surface area contributed by atoms with Crippen LogP contribution >= 0.6 is 0 Å². The van der Waals surface area contributed by atoms with Crippen molar-refractivity contribution in [2.45, 2.75) is 25.9 Å². The van der Waals surface area contributed by atoms with Crippen LogP contribution in [-0.4, -0.2) is 35.5 Å². The topological polar surface area (TPSA) is 49.3 Å². The third-order valence-electron chi connectivity index (χ3n) is 4.66. The number of nitrogens with zero attached hydrogens (tertiary/aromatic N) is 2. The summed E-state index contributed by atoms with van der Waals surface area (Å²) in [6, 6.07) is 14.7. The van der Waals surface area contributed by atoms with Crippen LogP contribution in [0, 0.1) is 5.92 Å². The molecule has 24 heavy (non-hydrogen) atoms. The zero-order valence-corrected chi connectivity index (χ0v) is 14.6. The molecule has 5 nitrogen and oxygen atoms in total. The van der Waals surface area contributed by atoms with Crippen LogP contribution in [0.2, 0.25) is 0 Å². The van der Waals surface area contributed by atoms with Crippen LogP contribution in [0.4, 0.5) is 0 Å². The SMILES string of the molecule is CC(C)n1cccc1C(=O)N(C)CC1CNNC1c1ccccc1. The molecule has 2 N–H and O–H groups in total. The van der Waals surface area contributed by atoms with Gasteiger partial charge in [-0.2, -0.15) is 0 Å². The Bertz CT molecular complexity index is 680. The summed E-state index contributed by atoms with van der Waals surface area (Å²) in [5, 5.41) is 0. The second-order valence-electron chi connectivity index (χ2n) is 6.75. The summed E-state index contributed by atoms with van der Waals surface area (Å²) in [5.41, 5.74) is 8.58. The molecular weight excluding hydrogens is 300 g/mol. The number of carbonyl (C=O) groups excluding carboxylic acids is 1. The zero-order valence-electron chi connectivity index (χ0n) is 14.6. The minimum Gasteiger partial charge on any atom is -0.341 e. The van der Waals surface area contributed by atoms with Gasteiger partial charge in [-0.05, 0) is 31.5 Å². The quantitative estimate of drug-likeness (QED) is 0.888. The lowest BCUT2D eigenvalue weighted by Gasteiger charge is -2.26. The van der Waals surface area contributed by atoms with Gasteiger partial charge >= 0.3 is 0 Å². The number of hydrogen-bond donors (Lipinski definition) is 2. The Morgan fingerprint density at radius 2 is 2.00 bits per heavy atom. The first-order valence-electron chi connectivity index (χ1n) is 8.53. The van der Waals surface area contributed by atoms with Crippen molar-refractivity contribution in [1.82, 2.24) is 20.3 Å². The standard InChI is InChI=1S/C19H26N4O/c1-14(2)23-11-7-10-17(23)19(24)22(3)13-16-12-20-21-18(16)15-8-5-4-6-9-15/h4-11,14,16,18,20-21H,12-13H2,1-3H3. The molecule has 2 unspecified atom stereocenters. The summed E-state index contributed by atoms with van der Waals surface area (Å²) in [7, 11) is 1.89. The lowest BCUT2D eigenvalue weighted by atomic mass is 9.94. The third kappa shape index (κ3) is 3.37. The molecule has 1 saturated heterocycles. The second kappa shape index (κ2) is 7.20. The van der Waals surface area contributed by atoms with E-state index in [0.29, 0.717) is 12.5 Å². The van der Waals surface area contributed by atoms with Crippen LogP contribution in [0.3, 0.4) is 0 Å². The number of carbonyl (C=O) groups is 1. The van der Waals surface area contributed by atoms with Crippen LogP contribution in [0.15, 0.2) is 48.7 Å². The molecule has 0 aliphatic carbocycles. The second-order valence-corrected chi connectivity index (χ2v) is 6.75. The Hall–Kier alpha value is -2.11. The van der Waals surface area contributed by atoms with Crippen molar-refractivity contribution in [2.24, 2.45) is 5.92 Å².